The first kappa shape index (κ1) is 38.8. The van der Waals surface area contributed by atoms with Crippen molar-refractivity contribution in [2.45, 2.75) is 11.8 Å². The van der Waals surface area contributed by atoms with Crippen molar-refractivity contribution in [3.8, 4) is 22.3 Å². The van der Waals surface area contributed by atoms with Gasteiger partial charge in [0.25, 0.3) is 0 Å². The molecule has 52 heavy (non-hydrogen) atoms. The van der Waals surface area contributed by atoms with Crippen LogP contribution in [0.5, 0.6) is 0 Å². The van der Waals surface area contributed by atoms with Crippen molar-refractivity contribution in [2.75, 3.05) is 19.0 Å². The molecule has 0 fully saturated rings. The van der Waals surface area contributed by atoms with Crippen molar-refractivity contribution >= 4 is 28.9 Å². The minimum absolute atomic E-state index is 0.486. The van der Waals surface area contributed by atoms with Gasteiger partial charge in [-0.2, -0.15) is 0 Å². The van der Waals surface area contributed by atoms with Crippen LogP contribution in [0.15, 0.2) is 193 Å². The van der Waals surface area contributed by atoms with Crippen LogP contribution in [0.2, 0.25) is 0 Å². The van der Waals surface area contributed by atoms with Gasteiger partial charge < -0.3 is 11.5 Å². The largest absolute Gasteiger partial charge is 0.399 e. The fourth-order valence-electron chi connectivity index (χ4n) is 5.34. The van der Waals surface area contributed by atoms with E-state index in [1.165, 1.54) is 28.6 Å². The highest BCUT2D eigenvalue weighted by molar-refractivity contribution is 7.98. The smallest absolute Gasteiger partial charge is 0.0685 e. The molecule has 4 nitrogen and oxygen atoms in total. The topological polar surface area (TPSA) is 99.7 Å². The molecule has 260 valence electrons. The molecule has 0 saturated carbocycles. The summed E-state index contributed by atoms with van der Waals surface area (Å²) >= 11 is 1.79. The van der Waals surface area contributed by atoms with E-state index in [4.69, 9.17) is 16.6 Å². The average Bonchev–Trinajstić information content (AvgIpc) is 3.23. The highest BCUT2D eigenvalue weighted by Crippen LogP contribution is 2.30. The van der Waals surface area contributed by atoms with Crippen LogP contribution in [0, 0.1) is 17.7 Å². The highest BCUT2D eigenvalue weighted by Gasteiger charge is 2.07. The molecule has 6 N–H and O–H groups in total. The molecule has 7 aromatic carbocycles. The van der Waals surface area contributed by atoms with E-state index < -0.39 is 0 Å². The van der Waals surface area contributed by atoms with Crippen molar-refractivity contribution in [1.29, 1.82) is 10.8 Å². The van der Waals surface area contributed by atoms with Gasteiger partial charge in [0.05, 0.1) is 11.4 Å². The summed E-state index contributed by atoms with van der Waals surface area (Å²) in [5, 5.41) is 16.3. The predicted octanol–water partition coefficient (Wildman–Crippen LogP) is 11.4. The molecule has 5 heteroatoms. The Morgan fingerprint density at radius 2 is 0.885 bits per heavy atom. The lowest BCUT2D eigenvalue weighted by Crippen LogP contribution is -2.02. The number of thioether (sulfide) groups is 1. The van der Waals surface area contributed by atoms with Gasteiger partial charge in [0.2, 0.25) is 0 Å². The minimum atomic E-state index is 0.486. The Balaban J connectivity index is 0.000000175. The zero-order valence-corrected chi connectivity index (χ0v) is 30.8. The van der Waals surface area contributed by atoms with E-state index in [0.29, 0.717) is 17.1 Å². The minimum Gasteiger partial charge on any atom is -0.399 e. The van der Waals surface area contributed by atoms with Gasteiger partial charge in [0, 0.05) is 21.7 Å². The summed E-state index contributed by atoms with van der Waals surface area (Å²) < 4.78 is 0. The van der Waals surface area contributed by atoms with Crippen LogP contribution in [0.4, 0.5) is 5.69 Å². The molecular formula is C47H46N4S. The van der Waals surface area contributed by atoms with E-state index >= 15 is 0 Å². The molecule has 0 unspecified atom stereocenters. The van der Waals surface area contributed by atoms with Crippen LogP contribution in [-0.4, -0.2) is 24.7 Å². The molecule has 0 aliphatic rings. The molecule has 0 aromatic heterocycles. The van der Waals surface area contributed by atoms with E-state index in [1.807, 2.05) is 121 Å². The maximum Gasteiger partial charge on any atom is 0.0685 e. The fourth-order valence-corrected chi connectivity index (χ4v) is 5.96. The highest BCUT2D eigenvalue weighted by atomic mass is 32.2. The van der Waals surface area contributed by atoms with Crippen LogP contribution in [-0.2, 0) is 0 Å². The first-order valence-corrected chi connectivity index (χ1v) is 18.2. The van der Waals surface area contributed by atoms with Crippen molar-refractivity contribution in [3.63, 3.8) is 0 Å². The van der Waals surface area contributed by atoms with Crippen LogP contribution in [0.25, 0.3) is 22.3 Å². The number of nitrogens with one attached hydrogen (secondary N) is 2. The van der Waals surface area contributed by atoms with Gasteiger partial charge in [-0.05, 0) is 77.9 Å². The van der Waals surface area contributed by atoms with E-state index in [9.17, 15) is 0 Å². The number of rotatable bonds is 7. The lowest BCUT2D eigenvalue weighted by Gasteiger charge is -2.08. The first-order valence-electron chi connectivity index (χ1n) is 17.0. The molecule has 0 atom stereocenters. The summed E-state index contributed by atoms with van der Waals surface area (Å²) in [5.41, 5.74) is 21.9. The Kier molecular flexibility index (Phi) is 15.4. The lowest BCUT2D eigenvalue weighted by molar-refractivity contribution is 1.42. The summed E-state index contributed by atoms with van der Waals surface area (Å²) in [7, 11) is 1.50. The van der Waals surface area contributed by atoms with Gasteiger partial charge in [-0.25, -0.2) is 0 Å². The average molecular weight is 699 g/mol. The predicted molar refractivity (Wildman–Crippen MR) is 226 cm³/mol. The number of aryl methyl sites for hydroxylation is 1. The Hall–Kier alpha value is -6.01. The number of hydrogen-bond donors (Lipinski definition) is 4. The molecule has 0 heterocycles. The van der Waals surface area contributed by atoms with Crippen LogP contribution in [0.1, 0.15) is 27.8 Å². The van der Waals surface area contributed by atoms with Gasteiger partial charge in [0.15, 0.2) is 0 Å². The Bertz CT molecular complexity index is 2090. The normalized spacial score (nSPS) is 9.85. The molecule has 0 saturated heterocycles. The lowest BCUT2D eigenvalue weighted by atomic mass is 9.97. The van der Waals surface area contributed by atoms with E-state index in [-0.39, 0.29) is 0 Å². The van der Waals surface area contributed by atoms with Crippen molar-refractivity contribution in [3.05, 3.63) is 216 Å². The molecule has 0 radical (unpaired) electrons. The Labute approximate surface area is 313 Å². The molecule has 7 rings (SSSR count). The summed E-state index contributed by atoms with van der Waals surface area (Å²) in [6.07, 6.45) is 2.12. The summed E-state index contributed by atoms with van der Waals surface area (Å²) in [6, 6.07) is 62.4. The number of anilines is 1. The molecule has 7 aromatic rings. The maximum atomic E-state index is 8.37. The number of nitrogen functional groups attached to an aromatic ring is 1. The second-order valence-corrected chi connectivity index (χ2v) is 12.5. The quantitative estimate of drug-likeness (QED) is 0.0757. The van der Waals surface area contributed by atoms with Gasteiger partial charge in [-0.3, -0.25) is 10.8 Å². The monoisotopic (exact) mass is 698 g/mol. The molecule has 0 amide bonds. The molecular weight excluding hydrogens is 653 g/mol. The van der Waals surface area contributed by atoms with Crippen LogP contribution >= 0.6 is 11.8 Å². The standard InChI is InChI=1S/C19H16N2.C14H14S.C13H11N.CH5N/c20-18-11-5-10-17(13-18)19(21)16-9-4-8-15(12-16)14-6-2-1-3-7-14;1-11-7-9-12(10-8-11)13-5-3-4-6-14(13)15-2;14-13(11-7-3-1-4-8-11)12-9-5-2-6-10-12;1-2/h1-13,21H,20H2;3-10H,1-2H3;1-10,14H;2H2,1H3. The molecule has 0 aliphatic carbocycles. The second kappa shape index (κ2) is 20.6. The Morgan fingerprint density at radius 1 is 0.442 bits per heavy atom. The zero-order chi connectivity index (χ0) is 37.1. The van der Waals surface area contributed by atoms with Gasteiger partial charge in [0.1, 0.15) is 0 Å². The van der Waals surface area contributed by atoms with E-state index in [0.717, 1.165) is 33.4 Å². The Morgan fingerprint density at radius 3 is 1.44 bits per heavy atom. The third kappa shape index (κ3) is 11.3. The third-order valence-corrected chi connectivity index (χ3v) is 8.82. The fraction of sp³-hybridized carbons (Fsp3) is 0.0638. The second-order valence-electron chi connectivity index (χ2n) is 11.6. The van der Waals surface area contributed by atoms with E-state index in [2.05, 4.69) is 85.6 Å². The number of benzene rings is 7. The van der Waals surface area contributed by atoms with Gasteiger partial charge >= 0.3 is 0 Å². The first-order chi connectivity index (χ1) is 25.4. The number of nitrogens with two attached hydrogens (primary N) is 2. The summed E-state index contributed by atoms with van der Waals surface area (Å²) in [5.74, 6) is 0. The summed E-state index contributed by atoms with van der Waals surface area (Å²) in [4.78, 5) is 1.33. The third-order valence-electron chi connectivity index (χ3n) is 8.03. The van der Waals surface area contributed by atoms with Crippen molar-refractivity contribution in [2.24, 2.45) is 5.73 Å². The van der Waals surface area contributed by atoms with Gasteiger partial charge in [-0.15, -0.1) is 11.8 Å². The molecule has 0 aliphatic heterocycles. The van der Waals surface area contributed by atoms with Gasteiger partial charge in [-0.1, -0.05) is 169 Å². The van der Waals surface area contributed by atoms with Crippen LogP contribution < -0.4 is 11.5 Å². The molecule has 0 spiro atoms. The maximum absolute atomic E-state index is 8.37. The number of hydrogen-bond acceptors (Lipinski definition) is 5. The summed E-state index contributed by atoms with van der Waals surface area (Å²) in [6.45, 7) is 2.12. The zero-order valence-electron chi connectivity index (χ0n) is 30.0. The van der Waals surface area contributed by atoms with Crippen molar-refractivity contribution in [1.82, 2.24) is 0 Å². The van der Waals surface area contributed by atoms with E-state index in [1.54, 1.807) is 11.8 Å². The van der Waals surface area contributed by atoms with Crippen LogP contribution in [0.3, 0.4) is 0 Å². The molecule has 0 bridgehead atoms. The van der Waals surface area contributed by atoms with Crippen molar-refractivity contribution < 1.29 is 0 Å². The SMILES string of the molecule is CN.CSc1ccccc1-c1ccc(C)cc1.N=C(c1cccc(N)c1)c1cccc(-c2ccccc2)c1.N=C(c1ccccc1)c1ccccc1.